The van der Waals surface area contributed by atoms with Gasteiger partial charge in [-0.3, -0.25) is 4.79 Å². The fourth-order valence-corrected chi connectivity index (χ4v) is 3.49. The molecule has 0 aliphatic heterocycles. The molecule has 0 aliphatic rings. The number of hydrogen-bond donors (Lipinski definition) is 3. The van der Waals surface area contributed by atoms with Crippen molar-refractivity contribution in [1.82, 2.24) is 0 Å². The van der Waals surface area contributed by atoms with Crippen LogP contribution in [0.15, 0.2) is 0 Å². The summed E-state index contributed by atoms with van der Waals surface area (Å²) in [4.78, 5) is 23.0. The lowest BCUT2D eigenvalue weighted by Crippen LogP contribution is -2.50. The third-order valence-electron chi connectivity index (χ3n) is 4.58. The smallest absolute Gasteiger partial charge is 0.355 e. The van der Waals surface area contributed by atoms with Gasteiger partial charge in [-0.25, -0.2) is 0 Å². The maximum atomic E-state index is 11.9. The highest BCUT2D eigenvalue weighted by Gasteiger charge is 2.54. The van der Waals surface area contributed by atoms with Crippen LogP contribution < -0.4 is 4.89 Å². The normalized spacial score (nSPS) is 15.6. The topological polar surface area (TPSA) is 118 Å². The van der Waals surface area contributed by atoms with E-state index >= 15 is 0 Å². The van der Waals surface area contributed by atoms with E-state index in [0.29, 0.717) is 6.42 Å². The molecule has 0 aromatic heterocycles. The number of carbonyl (C=O) groups is 1. The Balaban J connectivity index is 3.74. The number of hydrogen-bond acceptors (Lipinski definition) is 6. The number of aliphatic hydroxyl groups is 3. The monoisotopic (exact) mass is 378 g/mol. The molecule has 0 aromatic carbocycles. The standard InChI is InChI=1S/C18H35O6P/c1-2-3-4-5-6-7-8-9-10-11-12-13-14-16(20)18(22,25(23)24)17(21)15-19/h17,19,21-22H,2-15H2,1H3. The second-order valence-corrected chi connectivity index (χ2v) is 7.94. The van der Waals surface area contributed by atoms with Crippen molar-refractivity contribution in [2.75, 3.05) is 6.61 Å². The second-order valence-electron chi connectivity index (χ2n) is 6.74. The van der Waals surface area contributed by atoms with Crippen LogP contribution in [-0.2, 0) is 9.36 Å². The van der Waals surface area contributed by atoms with Crippen molar-refractivity contribution in [3.63, 3.8) is 0 Å². The number of rotatable bonds is 17. The summed E-state index contributed by atoms with van der Waals surface area (Å²) >= 11 is 0. The molecular weight excluding hydrogens is 343 g/mol. The lowest BCUT2D eigenvalue weighted by molar-refractivity contribution is -0.190. The largest absolute Gasteiger partial charge is 0.593 e. The Morgan fingerprint density at radius 3 is 1.72 bits per heavy atom. The first kappa shape index (κ1) is 24.6. The fraction of sp³-hybridized carbons (Fsp3) is 0.944. The number of carbonyl (C=O) groups excluding carboxylic acids is 1. The van der Waals surface area contributed by atoms with Crippen LogP contribution in [0, 0.1) is 0 Å². The quantitative estimate of drug-likeness (QED) is 0.265. The lowest BCUT2D eigenvalue weighted by atomic mass is 10.0. The first-order chi connectivity index (χ1) is 11.9. The van der Waals surface area contributed by atoms with E-state index in [-0.39, 0.29) is 6.42 Å². The molecular formula is C18H35O6P. The van der Waals surface area contributed by atoms with Gasteiger partial charge in [-0.2, -0.15) is 0 Å². The van der Waals surface area contributed by atoms with E-state index in [1.807, 2.05) is 0 Å². The van der Waals surface area contributed by atoms with Crippen LogP contribution in [0.5, 0.6) is 0 Å². The molecule has 0 bridgehead atoms. The van der Waals surface area contributed by atoms with Gasteiger partial charge in [-0.1, -0.05) is 82.1 Å². The summed E-state index contributed by atoms with van der Waals surface area (Å²) in [6, 6.07) is 0. The van der Waals surface area contributed by atoms with Gasteiger partial charge in [-0.15, -0.1) is 0 Å². The zero-order valence-electron chi connectivity index (χ0n) is 15.5. The maximum Gasteiger partial charge on any atom is 0.355 e. The molecule has 0 aliphatic carbocycles. The third-order valence-corrected chi connectivity index (χ3v) is 5.69. The Labute approximate surface area is 152 Å². The highest BCUT2D eigenvalue weighted by molar-refractivity contribution is 7.39. The molecule has 0 spiro atoms. The SMILES string of the molecule is CCCCCCCCCCCCCCC(=O)C(O)(C(O)CO)[P+](=O)[O-]. The minimum absolute atomic E-state index is 0.117. The van der Waals surface area contributed by atoms with Crippen LogP contribution in [0.1, 0.15) is 90.4 Å². The minimum Gasteiger partial charge on any atom is -0.593 e. The predicted molar refractivity (Wildman–Crippen MR) is 96.4 cm³/mol. The summed E-state index contributed by atoms with van der Waals surface area (Å²) in [5.74, 6) is -0.947. The van der Waals surface area contributed by atoms with E-state index in [4.69, 9.17) is 5.11 Å². The number of unbranched alkanes of at least 4 members (excludes halogenated alkanes) is 11. The minimum atomic E-state index is -3.58. The molecule has 0 rings (SSSR count). The molecule has 0 heterocycles. The molecule has 3 atom stereocenters. The van der Waals surface area contributed by atoms with Gasteiger partial charge in [0.1, 0.15) is 0 Å². The van der Waals surface area contributed by atoms with Crippen LogP contribution in [0.3, 0.4) is 0 Å². The van der Waals surface area contributed by atoms with Gasteiger partial charge in [0.15, 0.2) is 6.10 Å². The van der Waals surface area contributed by atoms with E-state index in [0.717, 1.165) is 19.3 Å². The van der Waals surface area contributed by atoms with Gasteiger partial charge in [0.25, 0.3) is 0 Å². The van der Waals surface area contributed by atoms with Crippen LogP contribution in [0.25, 0.3) is 0 Å². The summed E-state index contributed by atoms with van der Waals surface area (Å²) in [7, 11) is -3.58. The highest BCUT2D eigenvalue weighted by Crippen LogP contribution is 2.35. The number of ketones is 1. The summed E-state index contributed by atoms with van der Waals surface area (Å²) in [6.45, 7) is 1.23. The van der Waals surface area contributed by atoms with Gasteiger partial charge in [0, 0.05) is 6.42 Å². The van der Waals surface area contributed by atoms with Crippen LogP contribution in [-0.4, -0.2) is 39.2 Å². The number of aliphatic hydroxyl groups excluding tert-OH is 2. The molecule has 0 fully saturated rings. The van der Waals surface area contributed by atoms with E-state index < -0.39 is 31.9 Å². The molecule has 3 N–H and O–H groups in total. The summed E-state index contributed by atoms with van der Waals surface area (Å²) in [6.07, 6.45) is 11.4. The fourth-order valence-electron chi connectivity index (χ4n) is 2.85. The van der Waals surface area contributed by atoms with Gasteiger partial charge in [0.2, 0.25) is 5.78 Å². The summed E-state index contributed by atoms with van der Waals surface area (Å²) in [5, 5.41) is 25.2. The Hall–Kier alpha value is -0.390. The highest BCUT2D eigenvalue weighted by atomic mass is 31.1. The molecule has 3 unspecified atom stereocenters. The number of Topliss-reactive ketones (excluding diaryl/α,β-unsaturated/α-hetero) is 1. The van der Waals surface area contributed by atoms with E-state index in [1.165, 1.54) is 51.4 Å². The first-order valence-electron chi connectivity index (χ1n) is 9.60. The summed E-state index contributed by atoms with van der Waals surface area (Å²) in [5.41, 5.74) is 0. The first-order valence-corrected chi connectivity index (χ1v) is 10.8. The maximum absolute atomic E-state index is 11.9. The molecule has 0 saturated heterocycles. The predicted octanol–water partition coefficient (Wildman–Crippen LogP) is 2.79. The molecule has 0 radical (unpaired) electrons. The van der Waals surface area contributed by atoms with E-state index in [2.05, 4.69) is 6.92 Å². The summed E-state index contributed by atoms with van der Waals surface area (Å²) < 4.78 is 11.1. The van der Waals surface area contributed by atoms with Crippen molar-refractivity contribution < 1.29 is 29.6 Å². The second kappa shape index (κ2) is 14.7. The molecule has 6 nitrogen and oxygen atoms in total. The van der Waals surface area contributed by atoms with Gasteiger partial charge in [-0.05, 0) is 6.42 Å². The molecule has 0 saturated carbocycles. The third kappa shape index (κ3) is 9.76. The van der Waals surface area contributed by atoms with Gasteiger partial charge >= 0.3 is 13.4 Å². The van der Waals surface area contributed by atoms with Crippen LogP contribution in [0.2, 0.25) is 0 Å². The zero-order valence-corrected chi connectivity index (χ0v) is 16.4. The Bertz CT molecular complexity index is 377. The molecule has 148 valence electrons. The van der Waals surface area contributed by atoms with Crippen molar-refractivity contribution >= 4 is 13.8 Å². The zero-order chi connectivity index (χ0) is 19.1. The van der Waals surface area contributed by atoms with E-state index in [9.17, 15) is 24.5 Å². The molecule has 7 heteroatoms. The average molecular weight is 378 g/mol. The van der Waals surface area contributed by atoms with Gasteiger partial charge < -0.3 is 20.2 Å². The van der Waals surface area contributed by atoms with E-state index in [1.54, 1.807) is 0 Å². The molecule has 25 heavy (non-hydrogen) atoms. The van der Waals surface area contributed by atoms with Crippen molar-refractivity contribution in [3.8, 4) is 0 Å². The Morgan fingerprint density at radius 1 is 0.960 bits per heavy atom. The van der Waals surface area contributed by atoms with Gasteiger partial charge in [0.05, 0.1) is 6.61 Å². The average Bonchev–Trinajstić information content (AvgIpc) is 2.60. The lowest BCUT2D eigenvalue weighted by Gasteiger charge is -2.21. The van der Waals surface area contributed by atoms with Crippen LogP contribution in [0.4, 0.5) is 0 Å². The molecule has 0 amide bonds. The molecule has 0 aromatic rings. The van der Waals surface area contributed by atoms with Crippen molar-refractivity contribution in [2.24, 2.45) is 0 Å². The van der Waals surface area contributed by atoms with Crippen LogP contribution >= 0.6 is 8.03 Å². The van der Waals surface area contributed by atoms with Crippen molar-refractivity contribution in [2.45, 2.75) is 102 Å². The Morgan fingerprint density at radius 2 is 1.36 bits per heavy atom. The van der Waals surface area contributed by atoms with Crippen molar-refractivity contribution in [1.29, 1.82) is 0 Å². The Kier molecular flexibility index (Phi) is 14.5. The van der Waals surface area contributed by atoms with Crippen molar-refractivity contribution in [3.05, 3.63) is 0 Å².